The second kappa shape index (κ2) is 8.07. The van der Waals surface area contributed by atoms with Crippen molar-refractivity contribution >= 4 is 23.3 Å². The number of ether oxygens (including phenoxy) is 1. The molecule has 6 nitrogen and oxygen atoms in total. The number of amides is 3. The molecule has 0 unspecified atom stereocenters. The second-order valence-electron chi connectivity index (χ2n) is 6.46. The maximum Gasteiger partial charge on any atom is 0.322 e. The molecule has 1 aliphatic heterocycles. The normalized spacial score (nSPS) is 16.1. The monoisotopic (exact) mass is 371 g/mol. The minimum atomic E-state index is -0.590. The van der Waals surface area contributed by atoms with E-state index < -0.39 is 6.04 Å². The molecule has 0 radical (unpaired) electrons. The van der Waals surface area contributed by atoms with E-state index >= 15 is 0 Å². The van der Waals surface area contributed by atoms with Crippen LogP contribution in [0.3, 0.4) is 0 Å². The molecule has 3 amide bonds. The number of likely N-dealkylation sites (tertiary alicyclic amines) is 1. The van der Waals surface area contributed by atoms with Gasteiger partial charge < -0.3 is 20.3 Å². The number of methoxy groups -OCH3 is 1. The lowest BCUT2D eigenvalue weighted by molar-refractivity contribution is -0.119. The first-order valence-corrected chi connectivity index (χ1v) is 8.76. The molecule has 3 rings (SSSR count). The molecule has 2 aromatic carbocycles. The number of nitrogens with one attached hydrogen (secondary N) is 2. The summed E-state index contributed by atoms with van der Waals surface area (Å²) in [6.07, 6.45) is 1.30. The molecule has 0 aromatic heterocycles. The third kappa shape index (κ3) is 4.36. The third-order valence-corrected chi connectivity index (χ3v) is 4.60. The average Bonchev–Trinajstić information content (AvgIpc) is 3.15. The highest BCUT2D eigenvalue weighted by molar-refractivity contribution is 5.99. The van der Waals surface area contributed by atoms with E-state index in [0.717, 1.165) is 6.42 Å². The first-order chi connectivity index (χ1) is 13.0. The van der Waals surface area contributed by atoms with Crippen molar-refractivity contribution in [3.63, 3.8) is 0 Å². The number of benzene rings is 2. The average molecular weight is 371 g/mol. The van der Waals surface area contributed by atoms with Gasteiger partial charge >= 0.3 is 6.03 Å². The smallest absolute Gasteiger partial charge is 0.322 e. The Hall–Kier alpha value is -3.09. The van der Waals surface area contributed by atoms with Crippen LogP contribution in [0.1, 0.15) is 18.4 Å². The molecule has 1 fully saturated rings. The van der Waals surface area contributed by atoms with E-state index in [-0.39, 0.29) is 17.8 Å². The minimum absolute atomic E-state index is 0.319. The lowest BCUT2D eigenvalue weighted by Gasteiger charge is -2.24. The molecule has 7 heteroatoms. The lowest BCUT2D eigenvalue weighted by Crippen LogP contribution is -2.45. The van der Waals surface area contributed by atoms with Crippen molar-refractivity contribution in [1.29, 1.82) is 0 Å². The Morgan fingerprint density at radius 1 is 1.11 bits per heavy atom. The molecular formula is C20H22FN3O3. The summed E-state index contributed by atoms with van der Waals surface area (Å²) in [6.45, 7) is 2.14. The van der Waals surface area contributed by atoms with Crippen molar-refractivity contribution in [1.82, 2.24) is 4.90 Å². The van der Waals surface area contributed by atoms with Crippen LogP contribution >= 0.6 is 0 Å². The van der Waals surface area contributed by atoms with E-state index in [1.165, 1.54) is 11.0 Å². The van der Waals surface area contributed by atoms with Gasteiger partial charge in [-0.3, -0.25) is 4.79 Å². The van der Waals surface area contributed by atoms with Crippen LogP contribution in [0, 0.1) is 12.7 Å². The zero-order valence-electron chi connectivity index (χ0n) is 15.3. The number of urea groups is 1. The maximum absolute atomic E-state index is 13.7. The number of nitrogens with zero attached hydrogens (tertiary/aromatic N) is 1. The summed E-state index contributed by atoms with van der Waals surface area (Å²) >= 11 is 0. The first kappa shape index (κ1) is 18.7. The van der Waals surface area contributed by atoms with E-state index in [2.05, 4.69) is 10.6 Å². The Morgan fingerprint density at radius 2 is 1.81 bits per heavy atom. The van der Waals surface area contributed by atoms with Gasteiger partial charge in [0.05, 0.1) is 7.11 Å². The first-order valence-electron chi connectivity index (χ1n) is 8.76. The molecule has 2 N–H and O–H groups in total. The molecule has 27 heavy (non-hydrogen) atoms. The largest absolute Gasteiger partial charge is 0.497 e. The van der Waals surface area contributed by atoms with Crippen molar-refractivity contribution in [3.8, 4) is 5.75 Å². The van der Waals surface area contributed by atoms with Gasteiger partial charge in [-0.2, -0.15) is 0 Å². The van der Waals surface area contributed by atoms with Crippen LogP contribution in [0.5, 0.6) is 5.75 Å². The minimum Gasteiger partial charge on any atom is -0.497 e. The van der Waals surface area contributed by atoms with E-state index in [1.807, 2.05) is 0 Å². The summed E-state index contributed by atoms with van der Waals surface area (Å²) < 4.78 is 18.8. The van der Waals surface area contributed by atoms with Crippen molar-refractivity contribution < 1.29 is 18.7 Å². The Morgan fingerprint density at radius 3 is 2.48 bits per heavy atom. The van der Waals surface area contributed by atoms with Crippen LogP contribution in [0.2, 0.25) is 0 Å². The number of rotatable bonds is 4. The van der Waals surface area contributed by atoms with Crippen molar-refractivity contribution in [2.45, 2.75) is 25.8 Å². The lowest BCUT2D eigenvalue weighted by atomic mass is 10.2. The van der Waals surface area contributed by atoms with Crippen molar-refractivity contribution in [2.24, 2.45) is 0 Å². The van der Waals surface area contributed by atoms with Gasteiger partial charge in [-0.15, -0.1) is 0 Å². The summed E-state index contributed by atoms with van der Waals surface area (Å²) in [5.41, 5.74) is 1.51. The summed E-state index contributed by atoms with van der Waals surface area (Å²) in [5, 5.41) is 5.49. The topological polar surface area (TPSA) is 70.7 Å². The van der Waals surface area contributed by atoms with Gasteiger partial charge in [-0.1, -0.05) is 6.07 Å². The Balaban J connectivity index is 1.65. The fraction of sp³-hybridized carbons (Fsp3) is 0.300. The summed E-state index contributed by atoms with van der Waals surface area (Å²) in [5.74, 6) is -0.00860. The molecule has 0 aliphatic carbocycles. The number of hydrogen-bond donors (Lipinski definition) is 2. The number of carbonyl (C=O) groups is 2. The van der Waals surface area contributed by atoms with Gasteiger partial charge in [-0.25, -0.2) is 9.18 Å². The van der Waals surface area contributed by atoms with Crippen LogP contribution in [0.15, 0.2) is 42.5 Å². The van der Waals surface area contributed by atoms with Crippen molar-refractivity contribution in [2.75, 3.05) is 24.3 Å². The zero-order valence-corrected chi connectivity index (χ0v) is 15.3. The third-order valence-electron chi connectivity index (χ3n) is 4.60. The molecule has 1 aliphatic rings. The molecule has 2 aromatic rings. The van der Waals surface area contributed by atoms with E-state index in [4.69, 9.17) is 4.74 Å². The molecule has 1 atom stereocenters. The van der Waals surface area contributed by atoms with E-state index in [9.17, 15) is 14.0 Å². The summed E-state index contributed by atoms with van der Waals surface area (Å²) in [6, 6.07) is 10.6. The van der Waals surface area contributed by atoms with Gasteiger partial charge in [0.25, 0.3) is 0 Å². The highest BCUT2D eigenvalue weighted by Crippen LogP contribution is 2.22. The van der Waals surface area contributed by atoms with E-state index in [1.54, 1.807) is 50.4 Å². The Labute approximate surface area is 157 Å². The number of carbonyl (C=O) groups excluding carboxylic acids is 2. The van der Waals surface area contributed by atoms with Crippen LogP contribution < -0.4 is 15.4 Å². The van der Waals surface area contributed by atoms with Gasteiger partial charge in [0.2, 0.25) is 5.91 Å². The molecule has 1 saturated heterocycles. The fourth-order valence-electron chi connectivity index (χ4n) is 3.05. The quantitative estimate of drug-likeness (QED) is 0.859. The SMILES string of the molecule is COc1ccc(NC(=O)N2CCC[C@H]2C(=O)Nc2ccc(C)c(F)c2)cc1. The van der Waals surface area contributed by atoms with Crippen LogP contribution in [-0.4, -0.2) is 36.5 Å². The van der Waals surface area contributed by atoms with Gasteiger partial charge in [0.1, 0.15) is 17.6 Å². The number of halogens is 1. The van der Waals surface area contributed by atoms with Crippen LogP contribution in [-0.2, 0) is 4.79 Å². The van der Waals surface area contributed by atoms with E-state index in [0.29, 0.717) is 35.7 Å². The standard InChI is InChI=1S/C20H22FN3O3/c1-13-5-6-15(12-17(13)21)22-19(25)18-4-3-11-24(18)20(26)23-14-7-9-16(27-2)10-8-14/h5-10,12,18H,3-4,11H2,1-2H3,(H,22,25)(H,23,26)/t18-/m0/s1. The molecule has 0 saturated carbocycles. The number of hydrogen-bond acceptors (Lipinski definition) is 3. The Bertz CT molecular complexity index is 839. The van der Waals surface area contributed by atoms with Crippen LogP contribution in [0.25, 0.3) is 0 Å². The molecule has 1 heterocycles. The van der Waals surface area contributed by atoms with Gasteiger partial charge in [0.15, 0.2) is 0 Å². The Kier molecular flexibility index (Phi) is 5.59. The predicted octanol–water partition coefficient (Wildman–Crippen LogP) is 3.78. The van der Waals surface area contributed by atoms with Crippen molar-refractivity contribution in [3.05, 3.63) is 53.8 Å². The summed E-state index contributed by atoms with van der Waals surface area (Å²) in [4.78, 5) is 26.7. The molecule has 0 bridgehead atoms. The summed E-state index contributed by atoms with van der Waals surface area (Å²) in [7, 11) is 1.57. The van der Waals surface area contributed by atoms with Crippen LogP contribution in [0.4, 0.5) is 20.6 Å². The van der Waals surface area contributed by atoms with Gasteiger partial charge in [0, 0.05) is 17.9 Å². The number of aryl methyl sites for hydroxylation is 1. The number of anilines is 2. The van der Waals surface area contributed by atoms with Gasteiger partial charge in [-0.05, 0) is 61.7 Å². The molecule has 0 spiro atoms. The highest BCUT2D eigenvalue weighted by Gasteiger charge is 2.34. The maximum atomic E-state index is 13.7. The predicted molar refractivity (Wildman–Crippen MR) is 102 cm³/mol. The molecule has 142 valence electrons. The molecular weight excluding hydrogens is 349 g/mol. The fourth-order valence-corrected chi connectivity index (χ4v) is 3.05. The highest BCUT2D eigenvalue weighted by atomic mass is 19.1. The zero-order chi connectivity index (χ0) is 19.4. The second-order valence-corrected chi connectivity index (χ2v) is 6.46.